The molecule has 0 saturated carbocycles. The van der Waals surface area contributed by atoms with Crippen LogP contribution in [0, 0.1) is 6.92 Å². The Morgan fingerprint density at radius 2 is 1.93 bits per heavy atom. The molecule has 1 N–H and O–H groups in total. The van der Waals surface area contributed by atoms with Crippen LogP contribution in [-0.2, 0) is 11.3 Å². The van der Waals surface area contributed by atoms with E-state index in [0.717, 1.165) is 23.9 Å². The predicted molar refractivity (Wildman–Crippen MR) is 109 cm³/mol. The normalized spacial score (nSPS) is 11.6. The van der Waals surface area contributed by atoms with Gasteiger partial charge in [0.05, 0.1) is 0 Å². The van der Waals surface area contributed by atoms with E-state index in [-0.39, 0.29) is 5.91 Å². The fourth-order valence-corrected chi connectivity index (χ4v) is 3.56. The average Bonchev–Trinajstić information content (AvgIpc) is 2.93. The number of nitrogens with one attached hydrogen (secondary N) is 1. The van der Waals surface area contributed by atoms with E-state index in [4.69, 9.17) is 4.74 Å². The summed E-state index contributed by atoms with van der Waals surface area (Å²) in [5.41, 5.74) is 3.77. The van der Waals surface area contributed by atoms with Crippen molar-refractivity contribution in [1.82, 2.24) is 14.9 Å². The second-order valence-electron chi connectivity index (χ2n) is 7.22. The number of aromatic nitrogens is 2. The Balaban J connectivity index is 2.16. The van der Waals surface area contributed by atoms with Gasteiger partial charge < -0.3 is 14.6 Å². The summed E-state index contributed by atoms with van der Waals surface area (Å²) in [5.74, 6) is 0.525. The van der Waals surface area contributed by atoms with Crippen LogP contribution in [-0.4, -0.2) is 28.1 Å². The van der Waals surface area contributed by atoms with E-state index in [1.807, 2.05) is 36.7 Å². The molecule has 0 aliphatic rings. The number of carbonyl (C=O) groups excluding carboxylic acids is 1. The average molecular weight is 365 g/mol. The van der Waals surface area contributed by atoms with E-state index in [2.05, 4.69) is 34.8 Å². The van der Waals surface area contributed by atoms with Gasteiger partial charge in [0.1, 0.15) is 5.75 Å². The van der Waals surface area contributed by atoms with Gasteiger partial charge in [0, 0.05) is 48.1 Å². The first-order chi connectivity index (χ1) is 12.9. The number of ether oxygens (including phenoxy) is 1. The van der Waals surface area contributed by atoms with Crippen LogP contribution < -0.4 is 10.1 Å². The lowest BCUT2D eigenvalue weighted by atomic mass is 10.0. The molecule has 142 valence electrons. The lowest BCUT2D eigenvalue weighted by molar-refractivity contribution is -0.133. The summed E-state index contributed by atoms with van der Waals surface area (Å²) >= 11 is 0. The third kappa shape index (κ3) is 3.54. The van der Waals surface area contributed by atoms with Crippen LogP contribution in [0.3, 0.4) is 0 Å². The number of pyridine rings is 1. The van der Waals surface area contributed by atoms with Crippen LogP contribution in [0.25, 0.3) is 22.0 Å². The maximum Gasteiger partial charge on any atom is 0.263 e. The van der Waals surface area contributed by atoms with Crippen LogP contribution in [0.15, 0.2) is 42.7 Å². The number of nitrogens with zero attached hydrogens (tertiary/aromatic N) is 2. The summed E-state index contributed by atoms with van der Waals surface area (Å²) in [5, 5.41) is 3.78. The largest absolute Gasteiger partial charge is 0.478 e. The molecule has 0 aliphatic heterocycles. The van der Waals surface area contributed by atoms with Crippen LogP contribution in [0.2, 0.25) is 0 Å². The molecular weight excluding hydrogens is 338 g/mol. The van der Waals surface area contributed by atoms with Gasteiger partial charge >= 0.3 is 0 Å². The van der Waals surface area contributed by atoms with E-state index >= 15 is 0 Å². The molecule has 1 amide bonds. The number of benzene rings is 1. The van der Waals surface area contributed by atoms with E-state index in [9.17, 15) is 4.79 Å². The fourth-order valence-electron chi connectivity index (χ4n) is 3.56. The molecule has 0 aliphatic carbocycles. The molecule has 0 unspecified atom stereocenters. The summed E-state index contributed by atoms with van der Waals surface area (Å²) in [4.78, 5) is 16.2. The summed E-state index contributed by atoms with van der Waals surface area (Å²) in [6.07, 6.45) is 4.68. The molecule has 27 heavy (non-hydrogen) atoms. The van der Waals surface area contributed by atoms with Crippen molar-refractivity contribution in [1.29, 1.82) is 0 Å². The summed E-state index contributed by atoms with van der Waals surface area (Å²) in [7, 11) is 1.62. The van der Waals surface area contributed by atoms with Gasteiger partial charge in [0.25, 0.3) is 5.91 Å². The van der Waals surface area contributed by atoms with Crippen molar-refractivity contribution < 1.29 is 9.53 Å². The van der Waals surface area contributed by atoms with Crippen molar-refractivity contribution in [3.63, 3.8) is 0 Å². The van der Waals surface area contributed by atoms with Gasteiger partial charge in [-0.3, -0.25) is 9.78 Å². The second kappa shape index (κ2) is 7.43. The third-order valence-electron chi connectivity index (χ3n) is 4.86. The van der Waals surface area contributed by atoms with E-state index in [1.165, 1.54) is 16.8 Å². The van der Waals surface area contributed by atoms with Crippen LogP contribution in [0.4, 0.5) is 0 Å². The first kappa shape index (κ1) is 19.0. The van der Waals surface area contributed by atoms with Gasteiger partial charge in [0.15, 0.2) is 5.60 Å². The Bertz CT molecular complexity index is 959. The van der Waals surface area contributed by atoms with Crippen molar-refractivity contribution in [3.8, 4) is 16.9 Å². The Morgan fingerprint density at radius 3 is 2.56 bits per heavy atom. The molecule has 0 bridgehead atoms. The van der Waals surface area contributed by atoms with Crippen molar-refractivity contribution >= 4 is 16.8 Å². The molecule has 1 aromatic carbocycles. The minimum Gasteiger partial charge on any atom is -0.478 e. The van der Waals surface area contributed by atoms with Crippen molar-refractivity contribution in [2.75, 3.05) is 7.05 Å². The topological polar surface area (TPSA) is 56.2 Å². The zero-order valence-electron chi connectivity index (χ0n) is 16.7. The summed E-state index contributed by atoms with van der Waals surface area (Å²) in [6.45, 7) is 8.83. The molecule has 5 heteroatoms. The zero-order valence-corrected chi connectivity index (χ0v) is 16.7. The molecule has 0 fully saturated rings. The minimum atomic E-state index is -0.944. The quantitative estimate of drug-likeness (QED) is 0.707. The van der Waals surface area contributed by atoms with Crippen LogP contribution in [0.5, 0.6) is 5.75 Å². The highest BCUT2D eigenvalue weighted by Crippen LogP contribution is 2.37. The number of hydrogen-bond donors (Lipinski definition) is 1. The van der Waals surface area contributed by atoms with Gasteiger partial charge in [0.2, 0.25) is 0 Å². The highest BCUT2D eigenvalue weighted by atomic mass is 16.5. The van der Waals surface area contributed by atoms with Crippen molar-refractivity contribution in [2.24, 2.45) is 0 Å². The van der Waals surface area contributed by atoms with E-state index in [1.54, 1.807) is 20.9 Å². The molecule has 2 heterocycles. The number of hydrogen-bond acceptors (Lipinski definition) is 3. The Kier molecular flexibility index (Phi) is 5.22. The Morgan fingerprint density at radius 1 is 1.22 bits per heavy atom. The molecule has 0 radical (unpaired) electrons. The first-order valence-electron chi connectivity index (χ1n) is 9.33. The standard InChI is InChI=1S/C22H27N3O2/c1-6-13-25-15(2)20(16-9-11-24-12-10-16)18-14-17(7-8-19(18)25)27-22(3,4)21(26)23-5/h7-12,14H,6,13H2,1-5H3,(H,23,26). The maximum absolute atomic E-state index is 12.1. The maximum atomic E-state index is 12.1. The predicted octanol–water partition coefficient (Wildman–Crippen LogP) is 4.33. The highest BCUT2D eigenvalue weighted by Gasteiger charge is 2.29. The molecule has 5 nitrogen and oxygen atoms in total. The number of aryl methyl sites for hydroxylation is 1. The number of rotatable bonds is 6. The summed E-state index contributed by atoms with van der Waals surface area (Å²) < 4.78 is 8.37. The minimum absolute atomic E-state index is 0.156. The lowest BCUT2D eigenvalue weighted by Gasteiger charge is -2.24. The molecule has 2 aromatic heterocycles. The monoisotopic (exact) mass is 365 g/mol. The third-order valence-corrected chi connectivity index (χ3v) is 4.86. The molecule has 3 rings (SSSR count). The first-order valence-corrected chi connectivity index (χ1v) is 9.33. The van der Waals surface area contributed by atoms with Crippen molar-refractivity contribution in [3.05, 3.63) is 48.4 Å². The van der Waals surface area contributed by atoms with Gasteiger partial charge in [-0.15, -0.1) is 0 Å². The number of fused-ring (bicyclic) bond motifs is 1. The Labute approximate surface area is 160 Å². The zero-order chi connectivity index (χ0) is 19.6. The van der Waals surface area contributed by atoms with E-state index < -0.39 is 5.60 Å². The fraction of sp³-hybridized carbons (Fsp3) is 0.364. The second-order valence-corrected chi connectivity index (χ2v) is 7.22. The van der Waals surface area contributed by atoms with Gasteiger partial charge in [-0.1, -0.05) is 6.92 Å². The molecule has 0 saturated heterocycles. The SMILES string of the molecule is CCCn1c(C)c(-c2ccncc2)c2cc(OC(C)(C)C(=O)NC)ccc21. The van der Waals surface area contributed by atoms with E-state index in [0.29, 0.717) is 5.75 Å². The highest BCUT2D eigenvalue weighted by molar-refractivity contribution is 5.99. The van der Waals surface area contributed by atoms with Gasteiger partial charge in [-0.2, -0.15) is 0 Å². The van der Waals surface area contributed by atoms with Gasteiger partial charge in [-0.05, 0) is 63.1 Å². The number of likely N-dealkylation sites (N-methyl/N-ethyl adjacent to an activating group) is 1. The smallest absolute Gasteiger partial charge is 0.263 e. The van der Waals surface area contributed by atoms with Crippen LogP contribution >= 0.6 is 0 Å². The van der Waals surface area contributed by atoms with Crippen molar-refractivity contribution in [2.45, 2.75) is 46.3 Å². The Hall–Kier alpha value is -2.82. The lowest BCUT2D eigenvalue weighted by Crippen LogP contribution is -2.45. The van der Waals surface area contributed by atoms with Gasteiger partial charge in [-0.25, -0.2) is 0 Å². The number of carbonyl (C=O) groups is 1. The summed E-state index contributed by atoms with van der Waals surface area (Å²) in [6, 6.07) is 10.1. The molecular formula is C22H27N3O2. The molecule has 0 atom stereocenters. The van der Waals surface area contributed by atoms with Crippen LogP contribution in [0.1, 0.15) is 32.9 Å². The molecule has 3 aromatic rings. The number of amides is 1. The molecule has 0 spiro atoms.